The molecule has 22 heteroatoms. The van der Waals surface area contributed by atoms with Gasteiger partial charge in [0.2, 0.25) is 17.7 Å². The molecule has 1 aromatic carbocycles. The first kappa shape index (κ1) is 54.7. The molecule has 1 unspecified atom stereocenters. The standard InChI is InChI=1S/C50H65ClN4O16S/c1-27-10-8-11-36(56)50(65)25-34(68-47(64)52-50)28(2)43-49(5,70-43)37(24-40(59)53(6)32-21-30(20-27)22-33(66-7)42(32)51)69-46(63)48(3,4)67-18-9-19-72-35-23-41(60)54(44(35)61)26-29-12-14-31(15-13-29)45(62)71-55-38(57)16-17-39(55)58/h8,10-11,21-22,28-29,31,34-37,43,56,65H,9,12-20,23-26H2,1-7H3,(H,52,64)/b11-8+,27-10+/t28-,29-,31-,34+,35?,36-,37+,43+,49+,50+/m1/s1. The van der Waals surface area contributed by atoms with Crippen molar-refractivity contribution < 1.29 is 77.1 Å². The van der Waals surface area contributed by atoms with Gasteiger partial charge in [0.15, 0.2) is 11.3 Å². The van der Waals surface area contributed by atoms with E-state index in [4.69, 9.17) is 40.1 Å². The number of hydrogen-bond donors (Lipinski definition) is 3. The lowest BCUT2D eigenvalue weighted by molar-refractivity contribution is -0.201. The van der Waals surface area contributed by atoms with Crippen LogP contribution in [0.3, 0.4) is 0 Å². The number of aliphatic hydroxyl groups is 2. The van der Waals surface area contributed by atoms with Crippen molar-refractivity contribution in [2.45, 2.75) is 152 Å². The number of methoxy groups -OCH3 is 1. The summed E-state index contributed by atoms with van der Waals surface area (Å²) in [4.78, 5) is 112. The number of halogens is 1. The molecule has 1 aromatic rings. The second kappa shape index (κ2) is 22.2. The van der Waals surface area contributed by atoms with Crippen molar-refractivity contribution in [3.8, 4) is 5.75 Å². The number of epoxide rings is 1. The Labute approximate surface area is 427 Å². The predicted octanol–water partition coefficient (Wildman–Crippen LogP) is 4.47. The fourth-order valence-corrected chi connectivity index (χ4v) is 11.3. The number of hydrogen-bond acceptors (Lipinski definition) is 17. The Balaban J connectivity index is 0.962. The van der Waals surface area contributed by atoms with E-state index in [0.717, 1.165) is 11.1 Å². The molecule has 8 atom stereocenters. The molecule has 5 aliphatic heterocycles. The second-order valence-electron chi connectivity index (χ2n) is 20.3. The topological polar surface area (TPSA) is 257 Å². The van der Waals surface area contributed by atoms with Crippen LogP contribution in [0.25, 0.3) is 0 Å². The van der Waals surface area contributed by atoms with E-state index in [0.29, 0.717) is 60.8 Å². The van der Waals surface area contributed by atoms with E-state index in [1.54, 1.807) is 45.2 Å². The van der Waals surface area contributed by atoms with Crippen molar-refractivity contribution in [3.63, 3.8) is 0 Å². The highest BCUT2D eigenvalue weighted by Crippen LogP contribution is 2.49. The SMILES string of the molecule is COc1cc2cc(c1Cl)N(C)C(=O)C[C@H](OC(=O)C(C)(C)OCCCSC1CC(=O)N(C[C@H]3CC[C@H](C(=O)ON4C(=O)CCC4=O)CC3)C1=O)[C@]1(C)O[C@H]1[C@H](C)[C@@H]1C[C@@](O)(NC(=O)O1)[C@H](O)/C=C/C=C(\C)C2. The van der Waals surface area contributed by atoms with Crippen molar-refractivity contribution in [2.75, 3.05) is 38.0 Å². The van der Waals surface area contributed by atoms with Crippen LogP contribution >= 0.6 is 23.4 Å². The molecular formula is C50H65ClN4O16S. The molecule has 0 spiro atoms. The minimum Gasteiger partial charge on any atom is -0.495 e. The van der Waals surface area contributed by atoms with Crippen LogP contribution in [-0.2, 0) is 63.8 Å². The number of nitrogens with one attached hydrogen (secondary N) is 1. The number of esters is 1. The monoisotopic (exact) mass is 1040 g/mol. The van der Waals surface area contributed by atoms with Gasteiger partial charge in [-0.2, -0.15) is 0 Å². The number of carbonyl (C=O) groups is 8. The molecule has 20 nitrogen and oxygen atoms in total. The molecule has 0 aromatic heterocycles. The number of fused-ring (bicyclic) bond motifs is 5. The van der Waals surface area contributed by atoms with Crippen LogP contribution in [0.2, 0.25) is 5.02 Å². The smallest absolute Gasteiger partial charge is 0.409 e. The van der Waals surface area contributed by atoms with Crippen LogP contribution in [0, 0.1) is 17.8 Å². The first-order valence-corrected chi connectivity index (χ1v) is 25.8. The number of thioether (sulfide) groups is 1. The zero-order valence-corrected chi connectivity index (χ0v) is 43.2. The second-order valence-corrected chi connectivity index (χ2v) is 22.0. The molecule has 6 aliphatic rings. The van der Waals surface area contributed by atoms with Crippen molar-refractivity contribution in [3.05, 3.63) is 46.5 Å². The van der Waals surface area contributed by atoms with Crippen LogP contribution < -0.4 is 15.0 Å². The zero-order valence-electron chi connectivity index (χ0n) is 41.6. The van der Waals surface area contributed by atoms with Crippen molar-refractivity contribution >= 4 is 76.6 Å². The highest BCUT2D eigenvalue weighted by Gasteiger charge is 2.65. The molecule has 5 heterocycles. The minimum absolute atomic E-state index is 0.00863. The van der Waals surface area contributed by atoms with Gasteiger partial charge in [0.25, 0.3) is 11.8 Å². The van der Waals surface area contributed by atoms with E-state index in [-0.39, 0.29) is 68.0 Å². The summed E-state index contributed by atoms with van der Waals surface area (Å²) >= 11 is 8.11. The molecule has 5 fully saturated rings. The summed E-state index contributed by atoms with van der Waals surface area (Å²) in [5.41, 5.74) is -3.01. The van der Waals surface area contributed by atoms with Gasteiger partial charge in [0.05, 0.1) is 36.5 Å². The van der Waals surface area contributed by atoms with Gasteiger partial charge in [0, 0.05) is 51.8 Å². The number of imide groups is 2. The van der Waals surface area contributed by atoms with Gasteiger partial charge in [-0.15, -0.1) is 16.8 Å². The number of ether oxygens (including phenoxy) is 5. The lowest BCUT2D eigenvalue weighted by Crippen LogP contribution is -2.63. The van der Waals surface area contributed by atoms with Crippen molar-refractivity contribution in [2.24, 2.45) is 17.8 Å². The molecule has 7 rings (SSSR count). The maximum Gasteiger partial charge on any atom is 0.409 e. The fourth-order valence-electron chi connectivity index (χ4n) is 9.92. The molecular weight excluding hydrogens is 980 g/mol. The van der Waals surface area contributed by atoms with Crippen LogP contribution in [0.5, 0.6) is 5.75 Å². The number of hydroxylamine groups is 2. The van der Waals surface area contributed by atoms with Crippen LogP contribution in [0.15, 0.2) is 35.9 Å². The number of anilines is 1. The van der Waals surface area contributed by atoms with Crippen LogP contribution in [0.4, 0.5) is 10.5 Å². The Kier molecular flexibility index (Phi) is 16.9. The quantitative estimate of drug-likeness (QED) is 0.107. The van der Waals surface area contributed by atoms with Crippen LogP contribution in [0.1, 0.15) is 104 Å². The Bertz CT molecular complexity index is 2370. The Morgan fingerprint density at radius 1 is 1.01 bits per heavy atom. The summed E-state index contributed by atoms with van der Waals surface area (Å²) in [5.74, 6) is -3.93. The summed E-state index contributed by atoms with van der Waals surface area (Å²) in [5, 5.41) is 25.1. The summed E-state index contributed by atoms with van der Waals surface area (Å²) in [6.45, 7) is 8.64. The maximum absolute atomic E-state index is 14.3. The van der Waals surface area contributed by atoms with E-state index in [2.05, 4.69) is 5.32 Å². The van der Waals surface area contributed by atoms with Gasteiger partial charge >= 0.3 is 18.0 Å². The molecule has 6 amide bonds. The number of amides is 6. The van der Waals surface area contributed by atoms with Gasteiger partial charge < -0.3 is 43.6 Å². The average Bonchev–Trinajstić information content (AvgIpc) is 3.84. The molecule has 1 saturated carbocycles. The van der Waals surface area contributed by atoms with E-state index >= 15 is 0 Å². The number of allylic oxidation sites excluding steroid dienone is 3. The van der Waals surface area contributed by atoms with Crippen molar-refractivity contribution in [1.82, 2.24) is 15.3 Å². The van der Waals surface area contributed by atoms with Gasteiger partial charge in [-0.1, -0.05) is 42.3 Å². The van der Waals surface area contributed by atoms with E-state index in [9.17, 15) is 48.6 Å². The minimum atomic E-state index is -2.10. The summed E-state index contributed by atoms with van der Waals surface area (Å²) in [6.07, 6.45) is 1.53. The third-order valence-electron chi connectivity index (χ3n) is 14.5. The number of carbonyl (C=O) groups excluding carboxylic acids is 8. The number of benzene rings is 1. The Morgan fingerprint density at radius 3 is 2.39 bits per heavy atom. The lowest BCUT2D eigenvalue weighted by atomic mass is 9.82. The third kappa shape index (κ3) is 12.1. The van der Waals surface area contributed by atoms with E-state index in [1.807, 2.05) is 6.92 Å². The fraction of sp³-hybridized carbons (Fsp3) is 0.640. The molecule has 4 bridgehead atoms. The van der Waals surface area contributed by atoms with Gasteiger partial charge in [-0.25, -0.2) is 14.4 Å². The highest BCUT2D eigenvalue weighted by molar-refractivity contribution is 8.00. The largest absolute Gasteiger partial charge is 0.495 e. The predicted molar refractivity (Wildman–Crippen MR) is 259 cm³/mol. The number of aliphatic hydroxyl groups excluding tert-OH is 1. The highest BCUT2D eigenvalue weighted by atomic mass is 35.5. The first-order valence-electron chi connectivity index (χ1n) is 24.4. The number of likely N-dealkylation sites (tertiary alicyclic amines) is 1. The summed E-state index contributed by atoms with van der Waals surface area (Å²) in [7, 11) is 3.01. The number of nitrogens with zero attached hydrogens (tertiary/aromatic N) is 3. The zero-order chi connectivity index (χ0) is 52.4. The van der Waals surface area contributed by atoms with Gasteiger partial charge in [-0.05, 0) is 95.6 Å². The third-order valence-corrected chi connectivity index (χ3v) is 16.2. The number of rotatable bonds is 13. The number of alkyl carbamates (subject to hydrolysis) is 1. The lowest BCUT2D eigenvalue weighted by Gasteiger charge is -2.41. The maximum atomic E-state index is 14.3. The Morgan fingerprint density at radius 2 is 1.71 bits per heavy atom. The normalized spacial score (nSPS) is 32.6. The molecule has 72 heavy (non-hydrogen) atoms. The van der Waals surface area contributed by atoms with Gasteiger partial charge in [-0.3, -0.25) is 34.2 Å². The summed E-state index contributed by atoms with van der Waals surface area (Å²) < 4.78 is 29.7. The van der Waals surface area contributed by atoms with Crippen LogP contribution in [-0.4, -0.2) is 147 Å². The average molecular weight is 1050 g/mol. The summed E-state index contributed by atoms with van der Waals surface area (Å²) in [6, 6.07) is 3.50. The van der Waals surface area contributed by atoms with E-state index < -0.39 is 94.2 Å². The molecule has 0 radical (unpaired) electrons. The van der Waals surface area contributed by atoms with E-state index in [1.165, 1.54) is 48.6 Å². The van der Waals surface area contributed by atoms with Gasteiger partial charge in [0.1, 0.15) is 34.7 Å². The van der Waals surface area contributed by atoms with Crippen molar-refractivity contribution in [1.29, 1.82) is 0 Å². The molecule has 3 N–H and O–H groups in total. The molecule has 1 aliphatic carbocycles. The molecule has 394 valence electrons. The first-order chi connectivity index (χ1) is 33.9. The molecule has 4 saturated heterocycles. The Hall–Kier alpha value is -5.06.